The maximum absolute atomic E-state index is 14.2. The molecule has 0 aliphatic heterocycles. The van der Waals surface area contributed by atoms with Crippen LogP contribution in [-0.4, -0.2) is 9.97 Å². The highest BCUT2D eigenvalue weighted by Gasteiger charge is 2.31. The second kappa shape index (κ2) is 9.96. The molecule has 0 radical (unpaired) electrons. The van der Waals surface area contributed by atoms with Crippen LogP contribution in [-0.2, 0) is 4.57 Å². The molecule has 0 saturated heterocycles. The second-order valence-electron chi connectivity index (χ2n) is 9.49. The minimum Gasteiger partial charge on any atom is -0.413 e. The Balaban J connectivity index is 1.26. The predicted octanol–water partition coefficient (Wildman–Crippen LogP) is 8.58. The molecule has 192 valence electrons. The standard InChI is InChI=1S/C34H23N2O3P/c37-40(38-30-9-3-1-4-10-30,39-31-11-5-2-6-12-31)32-18-17-25-20-26(14-15-27(25)22-32)29-21-28-16-13-24-8-7-19-35-33(24)34(28)36-23-29/h1-23H. The summed E-state index contributed by atoms with van der Waals surface area (Å²) in [7, 11) is -3.75. The van der Waals surface area contributed by atoms with Gasteiger partial charge in [0.1, 0.15) is 11.5 Å². The number of fused-ring (bicyclic) bond motifs is 4. The van der Waals surface area contributed by atoms with Crippen molar-refractivity contribution in [3.05, 3.63) is 140 Å². The van der Waals surface area contributed by atoms with Crippen LogP contribution in [0.2, 0.25) is 0 Å². The van der Waals surface area contributed by atoms with Crippen LogP contribution in [0.3, 0.4) is 0 Å². The maximum atomic E-state index is 14.2. The van der Waals surface area contributed by atoms with Crippen LogP contribution in [0, 0.1) is 0 Å². The van der Waals surface area contributed by atoms with Gasteiger partial charge in [-0.3, -0.25) is 9.97 Å². The molecule has 7 aromatic rings. The summed E-state index contributed by atoms with van der Waals surface area (Å²) in [5.74, 6) is 0.952. The third-order valence-corrected chi connectivity index (χ3v) is 8.65. The lowest BCUT2D eigenvalue weighted by molar-refractivity contribution is 0.399. The zero-order valence-corrected chi connectivity index (χ0v) is 22.2. The zero-order valence-electron chi connectivity index (χ0n) is 21.3. The summed E-state index contributed by atoms with van der Waals surface area (Å²) >= 11 is 0. The first-order chi connectivity index (χ1) is 19.6. The van der Waals surface area contributed by atoms with Gasteiger partial charge < -0.3 is 9.05 Å². The monoisotopic (exact) mass is 538 g/mol. The Morgan fingerprint density at radius 2 is 1.10 bits per heavy atom. The van der Waals surface area contributed by atoms with Gasteiger partial charge in [0.25, 0.3) is 0 Å². The molecule has 0 unspecified atom stereocenters. The third kappa shape index (κ3) is 4.57. The summed E-state index contributed by atoms with van der Waals surface area (Å²) in [6, 6.07) is 40.3. The summed E-state index contributed by atoms with van der Waals surface area (Å²) in [5.41, 5.74) is 3.84. The first-order valence-electron chi connectivity index (χ1n) is 12.9. The molecule has 0 bridgehead atoms. The van der Waals surface area contributed by atoms with Crippen LogP contribution in [0.15, 0.2) is 140 Å². The highest BCUT2D eigenvalue weighted by molar-refractivity contribution is 7.63. The molecule has 7 rings (SSSR count). The zero-order chi connectivity index (χ0) is 26.9. The Hall–Kier alpha value is -4.99. The molecule has 0 fully saturated rings. The smallest absolute Gasteiger partial charge is 0.413 e. The lowest BCUT2D eigenvalue weighted by Crippen LogP contribution is -2.14. The molecule has 0 atom stereocenters. The molecule has 0 saturated carbocycles. The van der Waals surface area contributed by atoms with Crippen LogP contribution >= 0.6 is 7.60 Å². The van der Waals surface area contributed by atoms with E-state index in [0.717, 1.165) is 43.7 Å². The highest BCUT2D eigenvalue weighted by Crippen LogP contribution is 2.48. The molecule has 0 aliphatic rings. The molecular formula is C34H23N2O3P. The number of para-hydroxylation sites is 2. The Morgan fingerprint density at radius 3 is 1.85 bits per heavy atom. The summed E-state index contributed by atoms with van der Waals surface area (Å²) in [6.45, 7) is 0. The van der Waals surface area contributed by atoms with E-state index in [9.17, 15) is 4.57 Å². The van der Waals surface area contributed by atoms with Gasteiger partial charge in [-0.2, -0.15) is 0 Å². The van der Waals surface area contributed by atoms with Gasteiger partial charge in [0, 0.05) is 28.7 Å². The van der Waals surface area contributed by atoms with Gasteiger partial charge in [-0.15, -0.1) is 0 Å². The average molecular weight is 539 g/mol. The number of aromatic nitrogens is 2. The molecular weight excluding hydrogens is 515 g/mol. The number of rotatable bonds is 6. The third-order valence-electron chi connectivity index (χ3n) is 6.83. The number of hydrogen-bond acceptors (Lipinski definition) is 5. The molecule has 40 heavy (non-hydrogen) atoms. The topological polar surface area (TPSA) is 61.3 Å². The van der Waals surface area contributed by atoms with Crippen molar-refractivity contribution in [2.45, 2.75) is 0 Å². The van der Waals surface area contributed by atoms with Gasteiger partial charge in [0.15, 0.2) is 0 Å². The van der Waals surface area contributed by atoms with E-state index in [-0.39, 0.29) is 0 Å². The lowest BCUT2D eigenvalue weighted by Gasteiger charge is -2.20. The lowest BCUT2D eigenvalue weighted by atomic mass is 10.0. The van der Waals surface area contributed by atoms with Gasteiger partial charge in [0.2, 0.25) is 0 Å². The second-order valence-corrected chi connectivity index (χ2v) is 11.4. The highest BCUT2D eigenvalue weighted by atomic mass is 31.2. The minimum absolute atomic E-state index is 0.476. The van der Waals surface area contributed by atoms with Crippen molar-refractivity contribution < 1.29 is 13.6 Å². The van der Waals surface area contributed by atoms with E-state index in [4.69, 9.17) is 14.0 Å². The van der Waals surface area contributed by atoms with E-state index in [0.29, 0.717) is 16.8 Å². The van der Waals surface area contributed by atoms with Crippen molar-refractivity contribution >= 4 is 45.5 Å². The van der Waals surface area contributed by atoms with E-state index in [1.165, 1.54) is 0 Å². The summed E-state index contributed by atoms with van der Waals surface area (Å²) < 4.78 is 26.3. The van der Waals surface area contributed by atoms with Gasteiger partial charge >= 0.3 is 7.60 Å². The van der Waals surface area contributed by atoms with Crippen LogP contribution in [0.5, 0.6) is 11.5 Å². The molecule has 0 amide bonds. The van der Waals surface area contributed by atoms with Crippen LogP contribution in [0.1, 0.15) is 0 Å². The quantitative estimate of drug-likeness (QED) is 0.157. The predicted molar refractivity (Wildman–Crippen MR) is 161 cm³/mol. The molecule has 5 aromatic carbocycles. The van der Waals surface area contributed by atoms with Gasteiger partial charge in [-0.05, 0) is 70.9 Å². The summed E-state index contributed by atoms with van der Waals surface area (Å²) in [5, 5.41) is 4.52. The largest absolute Gasteiger partial charge is 0.462 e. The minimum atomic E-state index is -3.75. The Morgan fingerprint density at radius 1 is 0.500 bits per heavy atom. The Kier molecular flexibility index (Phi) is 5.99. The number of nitrogens with zero attached hydrogens (tertiary/aromatic N) is 2. The van der Waals surface area contributed by atoms with E-state index < -0.39 is 7.60 Å². The van der Waals surface area contributed by atoms with E-state index in [1.54, 1.807) is 30.5 Å². The number of benzene rings is 5. The molecule has 2 heterocycles. The Labute approximate surface area is 231 Å². The average Bonchev–Trinajstić information content (AvgIpc) is 3.01. The molecule has 0 N–H and O–H groups in total. The molecule has 2 aromatic heterocycles. The first-order valence-corrected chi connectivity index (χ1v) is 14.5. The van der Waals surface area contributed by atoms with E-state index in [1.807, 2.05) is 79.0 Å². The van der Waals surface area contributed by atoms with E-state index >= 15 is 0 Å². The van der Waals surface area contributed by atoms with Crippen molar-refractivity contribution in [1.82, 2.24) is 9.97 Å². The van der Waals surface area contributed by atoms with Gasteiger partial charge in [-0.1, -0.05) is 72.8 Å². The van der Waals surface area contributed by atoms with Gasteiger partial charge in [-0.25, -0.2) is 4.57 Å². The fraction of sp³-hybridized carbons (Fsp3) is 0. The molecule has 0 aliphatic carbocycles. The fourth-order valence-corrected chi connectivity index (χ4v) is 6.44. The van der Waals surface area contributed by atoms with Crippen molar-refractivity contribution in [2.24, 2.45) is 0 Å². The Bertz CT molecular complexity index is 2000. The maximum Gasteiger partial charge on any atom is 0.462 e. The van der Waals surface area contributed by atoms with Crippen LogP contribution in [0.4, 0.5) is 0 Å². The first kappa shape index (κ1) is 24.1. The molecule has 6 heteroatoms. The van der Waals surface area contributed by atoms with Crippen molar-refractivity contribution in [3.8, 4) is 22.6 Å². The van der Waals surface area contributed by atoms with E-state index in [2.05, 4.69) is 35.3 Å². The summed E-state index contributed by atoms with van der Waals surface area (Å²) in [4.78, 5) is 9.29. The SMILES string of the molecule is O=P(Oc1ccccc1)(Oc1ccccc1)c1ccc2cc(-c3cnc4c(ccc5cccnc54)c3)ccc2c1. The molecule has 5 nitrogen and oxygen atoms in total. The van der Waals surface area contributed by atoms with Crippen molar-refractivity contribution in [3.63, 3.8) is 0 Å². The number of hydrogen-bond donors (Lipinski definition) is 0. The van der Waals surface area contributed by atoms with Crippen molar-refractivity contribution in [2.75, 3.05) is 0 Å². The number of pyridine rings is 2. The normalized spacial score (nSPS) is 11.6. The molecule has 0 spiro atoms. The summed E-state index contributed by atoms with van der Waals surface area (Å²) in [6.07, 6.45) is 3.69. The van der Waals surface area contributed by atoms with Crippen LogP contribution < -0.4 is 14.4 Å². The van der Waals surface area contributed by atoms with Gasteiger partial charge in [0.05, 0.1) is 16.3 Å². The fourth-order valence-electron chi connectivity index (χ4n) is 4.84. The van der Waals surface area contributed by atoms with Crippen LogP contribution in [0.25, 0.3) is 43.7 Å². The van der Waals surface area contributed by atoms with Crippen molar-refractivity contribution in [1.29, 1.82) is 0 Å².